The van der Waals surface area contributed by atoms with E-state index in [2.05, 4.69) is 36.0 Å². The Bertz CT molecular complexity index is 3400. The van der Waals surface area contributed by atoms with E-state index in [1.54, 1.807) is 30.3 Å². The molecule has 1 saturated heterocycles. The first kappa shape index (κ1) is 52.2. The number of piperidine rings is 1. The second-order valence-electron chi connectivity index (χ2n) is 18.7. The quantitative estimate of drug-likeness (QED) is 0.0418. The van der Waals surface area contributed by atoms with Gasteiger partial charge in [-0.25, -0.2) is 14.4 Å². The molecule has 0 spiro atoms. The Balaban J connectivity index is 0.730. The van der Waals surface area contributed by atoms with Gasteiger partial charge in [0.05, 0.1) is 35.5 Å². The fourth-order valence-electron chi connectivity index (χ4n) is 9.81. The van der Waals surface area contributed by atoms with Crippen LogP contribution >= 0.6 is 0 Å². The number of nitrogens with zero attached hydrogens (tertiary/aromatic N) is 4. The fraction of sp³-hybridized carbons (Fsp3) is 0.340. The Morgan fingerprint density at radius 3 is 2.34 bits per heavy atom. The Morgan fingerprint density at radius 2 is 1.61 bits per heavy atom. The number of alkyl halides is 3. The van der Waals surface area contributed by atoms with E-state index < -0.39 is 41.2 Å². The molecule has 1 unspecified atom stereocenters. The number of nitrogens with one attached hydrogen (secondary N) is 4. The van der Waals surface area contributed by atoms with Crippen LogP contribution < -0.4 is 45.6 Å². The smallest absolute Gasteiger partial charge is 0.493 e. The van der Waals surface area contributed by atoms with E-state index in [4.69, 9.17) is 14.2 Å². The lowest BCUT2D eigenvalue weighted by molar-refractivity contribution is -0.274. The molecule has 4 heterocycles. The van der Waals surface area contributed by atoms with Gasteiger partial charge < -0.3 is 44.4 Å². The number of halogens is 4. The summed E-state index contributed by atoms with van der Waals surface area (Å²) in [4.78, 5) is 99.8. The van der Waals surface area contributed by atoms with Crippen LogP contribution in [-0.4, -0.2) is 87.0 Å². The van der Waals surface area contributed by atoms with Crippen LogP contribution in [0, 0.1) is 18.7 Å². The molecule has 1 aliphatic carbocycles. The zero-order chi connectivity index (χ0) is 54.0. The molecule has 76 heavy (non-hydrogen) atoms. The van der Waals surface area contributed by atoms with Gasteiger partial charge >= 0.3 is 6.36 Å². The average Bonchev–Trinajstić information content (AvgIpc) is 3.71. The monoisotopic (exact) mass is 1050 g/mol. The molecule has 1 saturated carbocycles. The molecule has 6 amide bonds. The second-order valence-corrected chi connectivity index (χ2v) is 18.7. The average molecular weight is 1050 g/mol. The number of imide groups is 1. The van der Waals surface area contributed by atoms with Gasteiger partial charge in [0.25, 0.3) is 11.8 Å². The van der Waals surface area contributed by atoms with Crippen LogP contribution in [0.5, 0.6) is 28.9 Å². The lowest BCUT2D eigenvalue weighted by Gasteiger charge is -2.29. The van der Waals surface area contributed by atoms with Crippen molar-refractivity contribution in [1.82, 2.24) is 30.1 Å². The van der Waals surface area contributed by atoms with Gasteiger partial charge in [0.15, 0.2) is 23.1 Å². The molecule has 1 atom stereocenters. The molecule has 2 aliphatic heterocycles. The highest BCUT2D eigenvalue weighted by atomic mass is 19.4. The maximum atomic E-state index is 15.6. The van der Waals surface area contributed by atoms with Gasteiger partial charge in [-0.3, -0.25) is 38.9 Å². The summed E-state index contributed by atoms with van der Waals surface area (Å²) in [6, 6.07) is 14.2. The van der Waals surface area contributed by atoms with Crippen molar-refractivity contribution in [3.63, 3.8) is 0 Å². The lowest BCUT2D eigenvalue weighted by atomic mass is 9.84. The first-order chi connectivity index (χ1) is 36.3. The van der Waals surface area contributed by atoms with Gasteiger partial charge in [0.2, 0.25) is 34.9 Å². The molecule has 9 rings (SSSR count). The van der Waals surface area contributed by atoms with Gasteiger partial charge in [-0.1, -0.05) is 0 Å². The molecule has 396 valence electrons. The van der Waals surface area contributed by atoms with Gasteiger partial charge in [0.1, 0.15) is 23.7 Å². The third kappa shape index (κ3) is 11.5. The van der Waals surface area contributed by atoms with Crippen LogP contribution in [0.25, 0.3) is 21.8 Å². The molecule has 0 radical (unpaired) electrons. The minimum atomic E-state index is -5.00. The zero-order valence-corrected chi connectivity index (χ0v) is 41.2. The van der Waals surface area contributed by atoms with Gasteiger partial charge in [-0.05, 0) is 112 Å². The third-order valence-electron chi connectivity index (χ3n) is 13.7. The highest BCUT2D eigenvalue weighted by Gasteiger charge is 2.39. The normalized spacial score (nSPS) is 17.5. The Morgan fingerprint density at radius 1 is 0.842 bits per heavy atom. The Hall–Kier alpha value is -8.63. The number of amides is 6. The summed E-state index contributed by atoms with van der Waals surface area (Å²) in [5.41, 5.74) is 1.25. The number of hydrogen-bond acceptors (Lipinski definition) is 13. The molecule has 23 heteroatoms. The summed E-state index contributed by atoms with van der Waals surface area (Å²) in [7, 11) is 2.96. The highest BCUT2D eigenvalue weighted by molar-refractivity contribution is 6.07. The summed E-state index contributed by atoms with van der Waals surface area (Å²) < 4.78 is 77.1. The van der Waals surface area contributed by atoms with Crippen molar-refractivity contribution in [1.29, 1.82) is 0 Å². The summed E-state index contributed by atoms with van der Waals surface area (Å²) >= 11 is 0. The topological polar surface area (TPSA) is 238 Å². The summed E-state index contributed by atoms with van der Waals surface area (Å²) in [5.74, 6) is -3.50. The molecule has 4 aromatic carbocycles. The number of ether oxygens (including phenoxy) is 4. The van der Waals surface area contributed by atoms with Crippen molar-refractivity contribution in [2.75, 3.05) is 24.4 Å². The number of methoxy groups -OCH3 is 1. The molecular weight excluding hydrogens is 1000 g/mol. The van der Waals surface area contributed by atoms with Crippen molar-refractivity contribution >= 4 is 68.6 Å². The lowest BCUT2D eigenvalue weighted by Crippen LogP contribution is -2.52. The minimum absolute atomic E-state index is 0.0344. The Kier molecular flexibility index (Phi) is 14.9. The molecule has 4 N–H and O–H groups in total. The predicted molar refractivity (Wildman–Crippen MR) is 265 cm³/mol. The number of fused-ring (bicyclic) bond motifs is 3. The predicted octanol–water partition coefficient (Wildman–Crippen LogP) is 7.50. The number of anilines is 2. The van der Waals surface area contributed by atoms with Crippen molar-refractivity contribution in [2.45, 2.75) is 89.7 Å². The molecule has 6 aromatic rings. The largest absolute Gasteiger partial charge is 0.573 e. The number of pyridine rings is 1. The number of rotatable bonds is 16. The van der Waals surface area contributed by atoms with Gasteiger partial charge in [0, 0.05) is 73.7 Å². The molecular formula is C53H50F4N8O11. The molecule has 19 nitrogen and oxygen atoms in total. The standard InChI is InChI=1S/C53H50F4N8O11/c1-27-47(48(69)36-22-33(76-53(55,56)57)12-14-39(36)64(27)2)50(71)62-32-11-16-41(37(54)21-32)75-51-35-23-42(73-3)43(24-38(35)58-26-59-51)74-18-4-5-44(66)60-30-8-6-28(7-9-30)19-46(68)61-31-10-13-34-29(20-31)25-65(52(34)72)40-15-17-45(67)63-49(40)70/h10-14,16,20-24,26,28,30,40H,4-9,15,17-19,25H2,1-3H3,(H,60,66)(H,61,68)(H,62,71)(H,63,67,70). The van der Waals surface area contributed by atoms with E-state index in [0.29, 0.717) is 59.2 Å². The first-order valence-corrected chi connectivity index (χ1v) is 24.3. The number of carbonyl (C=O) groups excluding carboxylic acids is 6. The van der Waals surface area contributed by atoms with Crippen LogP contribution in [-0.2, 0) is 32.8 Å². The number of aromatic nitrogens is 3. The molecule has 2 aromatic heterocycles. The zero-order valence-electron chi connectivity index (χ0n) is 41.2. The SMILES string of the molecule is COc1cc2c(Oc3ccc(NC(=O)c4c(C)n(C)c5ccc(OC(F)(F)F)cc5c4=O)cc3F)ncnc2cc1OCCCC(=O)NC1CCC(CC(=O)Nc2ccc3c(c2)CN(C2CCC(=O)NC2=O)C3=O)CC1. The summed E-state index contributed by atoms with van der Waals surface area (Å²) in [6.45, 7) is 1.85. The maximum absolute atomic E-state index is 15.6. The Labute approximate surface area is 430 Å². The van der Waals surface area contributed by atoms with Gasteiger partial charge in [-0.2, -0.15) is 0 Å². The van der Waals surface area contributed by atoms with Crippen molar-refractivity contribution in [2.24, 2.45) is 13.0 Å². The van der Waals surface area contributed by atoms with Crippen LogP contribution in [0.3, 0.4) is 0 Å². The summed E-state index contributed by atoms with van der Waals surface area (Å²) in [6.07, 6.45) is 0.420. The maximum Gasteiger partial charge on any atom is 0.573 e. The third-order valence-corrected chi connectivity index (χ3v) is 13.7. The fourth-order valence-corrected chi connectivity index (χ4v) is 9.81. The van der Waals surface area contributed by atoms with E-state index >= 15 is 4.39 Å². The molecule has 3 aliphatic rings. The van der Waals surface area contributed by atoms with Crippen LogP contribution in [0.15, 0.2) is 77.9 Å². The van der Waals surface area contributed by atoms with E-state index in [-0.39, 0.29) is 113 Å². The first-order valence-electron chi connectivity index (χ1n) is 24.3. The van der Waals surface area contributed by atoms with Gasteiger partial charge in [-0.15, -0.1) is 13.2 Å². The molecule has 2 fully saturated rings. The van der Waals surface area contributed by atoms with E-state index in [1.807, 2.05) is 0 Å². The minimum Gasteiger partial charge on any atom is -0.493 e. The van der Waals surface area contributed by atoms with Crippen molar-refractivity contribution in [3.8, 4) is 28.9 Å². The van der Waals surface area contributed by atoms with Crippen LogP contribution in [0.1, 0.15) is 89.8 Å². The number of benzene rings is 4. The van der Waals surface area contributed by atoms with E-state index in [1.165, 1.54) is 55.1 Å². The highest BCUT2D eigenvalue weighted by Crippen LogP contribution is 2.38. The number of hydrogen-bond donors (Lipinski definition) is 4. The van der Waals surface area contributed by atoms with E-state index in [0.717, 1.165) is 31.0 Å². The van der Waals surface area contributed by atoms with Crippen LogP contribution in [0.4, 0.5) is 28.9 Å². The van der Waals surface area contributed by atoms with Crippen LogP contribution in [0.2, 0.25) is 0 Å². The second kappa shape index (κ2) is 21.7. The van der Waals surface area contributed by atoms with Crippen molar-refractivity contribution < 1.29 is 65.3 Å². The van der Waals surface area contributed by atoms with Crippen molar-refractivity contribution in [3.05, 3.63) is 111 Å². The van der Waals surface area contributed by atoms with E-state index in [9.17, 15) is 46.7 Å². The number of carbonyl (C=O) groups is 6. The molecule has 0 bridgehead atoms. The summed E-state index contributed by atoms with van der Waals surface area (Å²) in [5, 5.41) is 10.9. The number of aryl methyl sites for hydroxylation is 1.